The summed E-state index contributed by atoms with van der Waals surface area (Å²) in [6, 6.07) is 9.85. The predicted molar refractivity (Wildman–Crippen MR) is 112 cm³/mol. The lowest BCUT2D eigenvalue weighted by Gasteiger charge is -2.25. The fourth-order valence-corrected chi connectivity index (χ4v) is 3.24. The Morgan fingerprint density at radius 1 is 1.06 bits per heavy atom. The molecule has 2 aromatic rings. The van der Waals surface area contributed by atoms with Gasteiger partial charge in [-0.1, -0.05) is 26.0 Å². The molecule has 31 heavy (non-hydrogen) atoms. The van der Waals surface area contributed by atoms with Gasteiger partial charge in [-0.2, -0.15) is 8.78 Å². The minimum atomic E-state index is -2.95. The summed E-state index contributed by atoms with van der Waals surface area (Å²) in [6.07, 6.45) is 2.96. The largest absolute Gasteiger partial charge is 0.493 e. The van der Waals surface area contributed by atoms with E-state index in [2.05, 4.69) is 10.1 Å². The van der Waals surface area contributed by atoms with E-state index < -0.39 is 6.61 Å². The zero-order valence-corrected chi connectivity index (χ0v) is 17.6. The van der Waals surface area contributed by atoms with Crippen LogP contribution in [0.2, 0.25) is 0 Å². The van der Waals surface area contributed by atoms with Gasteiger partial charge >= 0.3 is 6.61 Å². The molecule has 8 heteroatoms. The normalized spacial score (nSPS) is 14.0. The van der Waals surface area contributed by atoms with Crippen molar-refractivity contribution in [2.45, 2.75) is 26.5 Å². The van der Waals surface area contributed by atoms with Crippen LogP contribution in [0.1, 0.15) is 31.0 Å². The van der Waals surface area contributed by atoms with Crippen molar-refractivity contribution >= 4 is 12.0 Å². The molecule has 0 aliphatic carbocycles. The summed E-state index contributed by atoms with van der Waals surface area (Å²) in [4.78, 5) is 12.6. The summed E-state index contributed by atoms with van der Waals surface area (Å²) in [6.45, 7) is 2.08. The molecule has 1 aliphatic heterocycles. The van der Waals surface area contributed by atoms with E-state index in [1.807, 2.05) is 32.0 Å². The fraction of sp³-hybridized carbons (Fsp3) is 0.348. The van der Waals surface area contributed by atoms with E-state index in [0.29, 0.717) is 30.3 Å². The number of methoxy groups -OCH3 is 1. The van der Waals surface area contributed by atoms with Gasteiger partial charge in [0.1, 0.15) is 13.2 Å². The fourth-order valence-electron chi connectivity index (χ4n) is 3.24. The first-order valence-corrected chi connectivity index (χ1v) is 9.88. The Labute approximate surface area is 179 Å². The van der Waals surface area contributed by atoms with Gasteiger partial charge in [-0.3, -0.25) is 4.79 Å². The van der Waals surface area contributed by atoms with Crippen LogP contribution >= 0.6 is 0 Å². The molecule has 1 atom stereocenters. The molecule has 166 valence electrons. The van der Waals surface area contributed by atoms with Gasteiger partial charge in [0, 0.05) is 6.08 Å². The number of carbonyl (C=O) groups is 1. The average molecular weight is 433 g/mol. The number of ether oxygens (including phenoxy) is 4. The maximum Gasteiger partial charge on any atom is 0.387 e. The summed E-state index contributed by atoms with van der Waals surface area (Å²) in [7, 11) is 1.36. The highest BCUT2D eigenvalue weighted by molar-refractivity contribution is 5.92. The zero-order valence-electron chi connectivity index (χ0n) is 17.6. The minimum absolute atomic E-state index is 0.0717. The number of fused-ring (bicyclic) bond motifs is 1. The summed E-state index contributed by atoms with van der Waals surface area (Å²) >= 11 is 0. The molecular weight excluding hydrogens is 408 g/mol. The van der Waals surface area contributed by atoms with Crippen LogP contribution in [0.25, 0.3) is 6.08 Å². The summed E-state index contributed by atoms with van der Waals surface area (Å²) in [5.74, 6) is 1.28. The standard InChI is InChI=1S/C23H25F2NO5/c1-14(2)22(16-6-8-17-20(13-16)30-11-10-29-17)26-21(27)9-5-15-4-7-18(31-23(24)25)19(12-15)28-3/h4-9,12-14,22-23H,10-11H2,1-3H3,(H,26,27)/b9-5+. The maximum absolute atomic E-state index is 12.6. The molecule has 2 aromatic carbocycles. The van der Waals surface area contributed by atoms with E-state index in [9.17, 15) is 13.6 Å². The number of benzene rings is 2. The molecule has 0 saturated heterocycles. The molecule has 6 nitrogen and oxygen atoms in total. The first-order valence-electron chi connectivity index (χ1n) is 9.88. The molecule has 3 rings (SSSR count). The second-order valence-electron chi connectivity index (χ2n) is 7.26. The summed E-state index contributed by atoms with van der Waals surface area (Å²) in [5, 5.41) is 3.00. The van der Waals surface area contributed by atoms with Crippen LogP contribution in [-0.2, 0) is 4.79 Å². The Hall–Kier alpha value is -3.29. The number of rotatable bonds is 8. The second-order valence-corrected chi connectivity index (χ2v) is 7.26. The quantitative estimate of drug-likeness (QED) is 0.617. The van der Waals surface area contributed by atoms with E-state index in [0.717, 1.165) is 5.56 Å². The van der Waals surface area contributed by atoms with Crippen molar-refractivity contribution in [2.24, 2.45) is 5.92 Å². The van der Waals surface area contributed by atoms with Crippen LogP contribution in [0.15, 0.2) is 42.5 Å². The average Bonchev–Trinajstić information content (AvgIpc) is 2.75. The van der Waals surface area contributed by atoms with Gasteiger partial charge in [0.25, 0.3) is 0 Å². The van der Waals surface area contributed by atoms with Crippen LogP contribution in [-0.4, -0.2) is 32.8 Å². The number of hydrogen-bond donors (Lipinski definition) is 1. The van der Waals surface area contributed by atoms with Gasteiger partial charge < -0.3 is 24.3 Å². The first-order chi connectivity index (χ1) is 14.9. The molecule has 0 bridgehead atoms. The molecule has 1 N–H and O–H groups in total. The molecule has 0 radical (unpaired) electrons. The van der Waals surface area contributed by atoms with Crippen molar-refractivity contribution in [3.63, 3.8) is 0 Å². The van der Waals surface area contributed by atoms with Crippen LogP contribution < -0.4 is 24.3 Å². The van der Waals surface area contributed by atoms with E-state index in [1.54, 1.807) is 12.1 Å². The van der Waals surface area contributed by atoms with E-state index in [-0.39, 0.29) is 29.4 Å². The Balaban J connectivity index is 1.71. The Morgan fingerprint density at radius 3 is 2.48 bits per heavy atom. The Kier molecular flexibility index (Phi) is 7.33. The molecular formula is C23H25F2NO5. The molecule has 1 amide bonds. The van der Waals surface area contributed by atoms with Crippen molar-refractivity contribution in [2.75, 3.05) is 20.3 Å². The van der Waals surface area contributed by atoms with Gasteiger partial charge in [-0.05, 0) is 47.4 Å². The second kappa shape index (κ2) is 10.1. The highest BCUT2D eigenvalue weighted by Gasteiger charge is 2.21. The van der Waals surface area contributed by atoms with Crippen molar-refractivity contribution in [3.8, 4) is 23.0 Å². The third-order valence-electron chi connectivity index (χ3n) is 4.72. The highest BCUT2D eigenvalue weighted by Crippen LogP contribution is 2.34. The lowest BCUT2D eigenvalue weighted by atomic mass is 9.95. The van der Waals surface area contributed by atoms with E-state index >= 15 is 0 Å². The van der Waals surface area contributed by atoms with Crippen molar-refractivity contribution in [1.29, 1.82) is 0 Å². The van der Waals surface area contributed by atoms with Crippen molar-refractivity contribution in [3.05, 3.63) is 53.6 Å². The number of carbonyl (C=O) groups excluding carboxylic acids is 1. The topological polar surface area (TPSA) is 66.0 Å². The lowest BCUT2D eigenvalue weighted by Crippen LogP contribution is -2.30. The maximum atomic E-state index is 12.6. The smallest absolute Gasteiger partial charge is 0.387 e. The molecule has 1 unspecified atom stereocenters. The lowest BCUT2D eigenvalue weighted by molar-refractivity contribution is -0.117. The SMILES string of the molecule is COc1cc(/C=C/C(=O)NC(c2ccc3c(c2)OCCO3)C(C)C)ccc1OC(F)F. The predicted octanol–water partition coefficient (Wildman–Crippen LogP) is 4.59. The molecule has 0 fully saturated rings. The Morgan fingerprint density at radius 2 is 1.81 bits per heavy atom. The number of halogens is 2. The van der Waals surface area contributed by atoms with Crippen LogP contribution in [0, 0.1) is 5.92 Å². The summed E-state index contributed by atoms with van der Waals surface area (Å²) < 4.78 is 45.6. The molecule has 0 aromatic heterocycles. The third kappa shape index (κ3) is 5.87. The number of alkyl halides is 2. The summed E-state index contributed by atoms with van der Waals surface area (Å²) in [5.41, 5.74) is 1.52. The highest BCUT2D eigenvalue weighted by atomic mass is 19.3. The molecule has 1 heterocycles. The number of hydrogen-bond acceptors (Lipinski definition) is 5. The van der Waals surface area contributed by atoms with Crippen molar-refractivity contribution in [1.82, 2.24) is 5.32 Å². The number of amides is 1. The van der Waals surface area contributed by atoms with Gasteiger partial charge in [0.15, 0.2) is 23.0 Å². The van der Waals surface area contributed by atoms with Crippen molar-refractivity contribution < 1.29 is 32.5 Å². The Bertz CT molecular complexity index is 946. The zero-order chi connectivity index (χ0) is 22.4. The monoisotopic (exact) mass is 433 g/mol. The number of nitrogens with one attached hydrogen (secondary N) is 1. The van der Waals surface area contributed by atoms with E-state index in [4.69, 9.17) is 14.2 Å². The van der Waals surface area contributed by atoms with Crippen LogP contribution in [0.4, 0.5) is 8.78 Å². The van der Waals surface area contributed by atoms with Crippen LogP contribution in [0.3, 0.4) is 0 Å². The molecule has 1 aliphatic rings. The minimum Gasteiger partial charge on any atom is -0.493 e. The van der Waals surface area contributed by atoms with Gasteiger partial charge in [0.2, 0.25) is 5.91 Å². The van der Waals surface area contributed by atoms with Gasteiger partial charge in [-0.15, -0.1) is 0 Å². The van der Waals surface area contributed by atoms with Crippen LogP contribution in [0.5, 0.6) is 23.0 Å². The van der Waals surface area contributed by atoms with Gasteiger partial charge in [-0.25, -0.2) is 0 Å². The van der Waals surface area contributed by atoms with Gasteiger partial charge in [0.05, 0.1) is 13.2 Å². The van der Waals surface area contributed by atoms with E-state index in [1.165, 1.54) is 25.3 Å². The first kappa shape index (κ1) is 22.4. The molecule has 0 saturated carbocycles. The molecule has 0 spiro atoms. The third-order valence-corrected chi connectivity index (χ3v) is 4.72.